The van der Waals surface area contributed by atoms with Crippen LogP contribution in [0.25, 0.3) is 5.57 Å². The Kier molecular flexibility index (Phi) is 6.75. The van der Waals surface area contributed by atoms with Crippen molar-refractivity contribution < 1.29 is 4.79 Å². The maximum atomic E-state index is 13.2. The summed E-state index contributed by atoms with van der Waals surface area (Å²) >= 11 is 6.08. The number of likely N-dealkylation sites (tertiary alicyclic amines) is 1. The third-order valence-corrected chi connectivity index (χ3v) is 5.96. The quantitative estimate of drug-likeness (QED) is 0.482. The average Bonchev–Trinajstić information content (AvgIpc) is 2.75. The van der Waals surface area contributed by atoms with Gasteiger partial charge in [-0.2, -0.15) is 0 Å². The molecule has 0 radical (unpaired) electrons. The Balaban J connectivity index is 1.69. The van der Waals surface area contributed by atoms with E-state index in [2.05, 4.69) is 29.7 Å². The topological polar surface area (TPSA) is 35.9 Å². The monoisotopic (exact) mass is 409 g/mol. The largest absolute Gasteiger partial charge is 0.370 e. The van der Waals surface area contributed by atoms with Gasteiger partial charge in [0.2, 0.25) is 0 Å². The lowest BCUT2D eigenvalue weighted by molar-refractivity contribution is -0.126. The summed E-state index contributed by atoms with van der Waals surface area (Å²) in [6, 6.07) is 14.1. The van der Waals surface area contributed by atoms with Gasteiger partial charge < -0.3 is 9.80 Å². The zero-order valence-electron chi connectivity index (χ0n) is 17.4. The number of rotatable bonds is 5. The Hall–Kier alpha value is -2.59. The van der Waals surface area contributed by atoms with E-state index in [1.165, 1.54) is 0 Å². The van der Waals surface area contributed by atoms with Crippen molar-refractivity contribution >= 4 is 41.2 Å². The molecule has 0 aliphatic carbocycles. The first kappa shape index (κ1) is 21.1. The van der Waals surface area contributed by atoms with Crippen molar-refractivity contribution in [3.63, 3.8) is 0 Å². The fourth-order valence-corrected chi connectivity index (χ4v) is 4.27. The van der Waals surface area contributed by atoms with E-state index in [1.807, 2.05) is 61.2 Å². The third-order valence-electron chi connectivity index (χ3n) is 5.73. The Morgan fingerprint density at radius 3 is 2.55 bits per heavy atom. The summed E-state index contributed by atoms with van der Waals surface area (Å²) in [6.45, 7) is 9.06. The van der Waals surface area contributed by atoms with Crippen LogP contribution in [0.15, 0.2) is 53.5 Å². The van der Waals surface area contributed by atoms with Crippen LogP contribution in [0.4, 0.5) is 11.4 Å². The highest BCUT2D eigenvalue weighted by Gasteiger charge is 2.28. The number of nitrogens with zero attached hydrogens (tertiary/aromatic N) is 3. The normalized spacial score (nSPS) is 15.3. The van der Waals surface area contributed by atoms with Crippen molar-refractivity contribution in [1.29, 1.82) is 0 Å². The summed E-state index contributed by atoms with van der Waals surface area (Å²) in [4.78, 5) is 21.6. The SMILES string of the molecule is C=Nc1ccccc1N(C)C1CCN(C(=O)/C(=C/C)c2ccc(Cl)cc2C)CC1. The number of aryl methyl sites for hydroxylation is 1. The summed E-state index contributed by atoms with van der Waals surface area (Å²) in [5.41, 5.74) is 4.68. The number of piperidine rings is 1. The van der Waals surface area contributed by atoms with Gasteiger partial charge in [0.15, 0.2) is 0 Å². The molecule has 1 fully saturated rings. The van der Waals surface area contributed by atoms with Crippen molar-refractivity contribution in [2.75, 3.05) is 25.0 Å². The van der Waals surface area contributed by atoms with Crippen molar-refractivity contribution in [3.05, 3.63) is 64.7 Å². The van der Waals surface area contributed by atoms with Crippen LogP contribution >= 0.6 is 11.6 Å². The van der Waals surface area contributed by atoms with Crippen LogP contribution in [-0.2, 0) is 4.79 Å². The second kappa shape index (κ2) is 9.27. The molecule has 1 aliphatic heterocycles. The Morgan fingerprint density at radius 2 is 1.93 bits per heavy atom. The van der Waals surface area contributed by atoms with Gasteiger partial charge in [0, 0.05) is 36.8 Å². The van der Waals surface area contributed by atoms with E-state index in [1.54, 1.807) is 0 Å². The van der Waals surface area contributed by atoms with Crippen LogP contribution in [-0.4, -0.2) is 43.7 Å². The second-order valence-corrected chi connectivity index (χ2v) is 7.88. The lowest BCUT2D eigenvalue weighted by atomic mass is 9.97. The van der Waals surface area contributed by atoms with Gasteiger partial charge in [0.1, 0.15) is 0 Å². The lowest BCUT2D eigenvalue weighted by Crippen LogP contribution is -2.46. The Labute approximate surface area is 178 Å². The summed E-state index contributed by atoms with van der Waals surface area (Å²) in [5, 5.41) is 0.687. The molecule has 4 nitrogen and oxygen atoms in total. The first-order valence-electron chi connectivity index (χ1n) is 9.97. The maximum Gasteiger partial charge on any atom is 0.254 e. The summed E-state index contributed by atoms with van der Waals surface area (Å²) in [6.07, 6.45) is 3.75. The lowest BCUT2D eigenvalue weighted by Gasteiger charge is -2.38. The molecule has 29 heavy (non-hydrogen) atoms. The van der Waals surface area contributed by atoms with Crippen LogP contribution in [0.2, 0.25) is 5.02 Å². The zero-order chi connectivity index (χ0) is 21.0. The molecule has 0 aromatic heterocycles. The molecule has 1 heterocycles. The first-order chi connectivity index (χ1) is 14.0. The van der Waals surface area contributed by atoms with Crippen molar-refractivity contribution in [1.82, 2.24) is 4.90 Å². The highest BCUT2D eigenvalue weighted by Crippen LogP contribution is 2.31. The molecule has 3 rings (SSSR count). The second-order valence-electron chi connectivity index (χ2n) is 7.44. The van der Waals surface area contributed by atoms with E-state index < -0.39 is 0 Å². The zero-order valence-corrected chi connectivity index (χ0v) is 18.1. The van der Waals surface area contributed by atoms with E-state index in [4.69, 9.17) is 11.6 Å². The Morgan fingerprint density at radius 1 is 1.24 bits per heavy atom. The number of amides is 1. The molecule has 5 heteroatoms. The number of benzene rings is 2. The van der Waals surface area contributed by atoms with Crippen LogP contribution < -0.4 is 4.90 Å². The third kappa shape index (κ3) is 4.54. The fraction of sp³-hybridized carbons (Fsp3) is 0.333. The van der Waals surface area contributed by atoms with E-state index >= 15 is 0 Å². The molecule has 1 amide bonds. The van der Waals surface area contributed by atoms with Gasteiger partial charge in [-0.1, -0.05) is 35.9 Å². The molecular formula is C24H28ClN3O. The molecule has 2 aromatic carbocycles. The summed E-state index contributed by atoms with van der Waals surface area (Å²) < 4.78 is 0. The minimum absolute atomic E-state index is 0.0900. The van der Waals surface area contributed by atoms with Crippen LogP contribution in [0.1, 0.15) is 30.9 Å². The predicted octanol–water partition coefficient (Wildman–Crippen LogP) is 5.51. The molecule has 0 spiro atoms. The number of para-hydroxylation sites is 2. The van der Waals surface area contributed by atoms with E-state index in [0.717, 1.165) is 54.0 Å². The van der Waals surface area contributed by atoms with Gasteiger partial charge in [-0.05, 0) is 68.8 Å². The van der Waals surface area contributed by atoms with Gasteiger partial charge in [-0.25, -0.2) is 0 Å². The van der Waals surface area contributed by atoms with Gasteiger partial charge in [-0.15, -0.1) is 0 Å². The van der Waals surface area contributed by atoms with Crippen LogP contribution in [0.5, 0.6) is 0 Å². The molecule has 2 aromatic rings. The number of aliphatic imine (C=N–C) groups is 1. The van der Waals surface area contributed by atoms with E-state index in [9.17, 15) is 4.79 Å². The minimum atomic E-state index is 0.0900. The van der Waals surface area contributed by atoms with Crippen LogP contribution in [0.3, 0.4) is 0 Å². The van der Waals surface area contributed by atoms with Gasteiger partial charge in [0.05, 0.1) is 11.4 Å². The highest BCUT2D eigenvalue weighted by molar-refractivity contribution is 6.30. The number of anilines is 1. The van der Waals surface area contributed by atoms with Crippen molar-refractivity contribution in [3.8, 4) is 0 Å². The van der Waals surface area contributed by atoms with Gasteiger partial charge >= 0.3 is 0 Å². The average molecular weight is 410 g/mol. The maximum absolute atomic E-state index is 13.2. The van der Waals surface area contributed by atoms with Gasteiger partial charge in [-0.3, -0.25) is 9.79 Å². The smallest absolute Gasteiger partial charge is 0.254 e. The number of carbonyl (C=O) groups excluding carboxylic acids is 1. The molecule has 1 saturated heterocycles. The molecule has 1 aliphatic rings. The molecule has 0 N–H and O–H groups in total. The highest BCUT2D eigenvalue weighted by atomic mass is 35.5. The van der Waals surface area contributed by atoms with Gasteiger partial charge in [0.25, 0.3) is 5.91 Å². The van der Waals surface area contributed by atoms with E-state index in [0.29, 0.717) is 11.1 Å². The standard InChI is InChI=1S/C24H28ClN3O/c1-5-20(21-11-10-18(25)16-17(21)2)24(29)28-14-12-19(13-15-28)27(4)23-9-7-6-8-22(23)26-3/h5-11,16,19H,3,12-15H2,1-2,4H3/b20-5+. The summed E-state index contributed by atoms with van der Waals surface area (Å²) in [7, 11) is 2.10. The fourth-order valence-electron chi connectivity index (χ4n) is 4.04. The number of carbonyl (C=O) groups is 1. The molecule has 0 saturated carbocycles. The number of hydrogen-bond donors (Lipinski definition) is 0. The molecule has 0 bridgehead atoms. The van der Waals surface area contributed by atoms with E-state index in [-0.39, 0.29) is 5.91 Å². The number of halogens is 1. The molecule has 0 unspecified atom stereocenters. The first-order valence-corrected chi connectivity index (χ1v) is 10.3. The molecule has 0 atom stereocenters. The van der Waals surface area contributed by atoms with Crippen molar-refractivity contribution in [2.24, 2.45) is 4.99 Å². The molecular weight excluding hydrogens is 382 g/mol. The predicted molar refractivity (Wildman–Crippen MR) is 123 cm³/mol. The summed E-state index contributed by atoms with van der Waals surface area (Å²) in [5.74, 6) is 0.0900. The van der Waals surface area contributed by atoms with Crippen molar-refractivity contribution in [2.45, 2.75) is 32.7 Å². The van der Waals surface area contributed by atoms with Crippen LogP contribution in [0, 0.1) is 6.92 Å². The number of hydrogen-bond acceptors (Lipinski definition) is 3. The number of allylic oxidation sites excluding steroid dienone is 1. The Bertz CT molecular complexity index is 929. The minimum Gasteiger partial charge on any atom is -0.370 e. The molecule has 152 valence electrons.